The summed E-state index contributed by atoms with van der Waals surface area (Å²) in [7, 11) is 1.92. The molecular weight excluding hydrogens is 248 g/mol. The highest BCUT2D eigenvalue weighted by atomic mass is 15.2. The summed E-state index contributed by atoms with van der Waals surface area (Å²) in [6.45, 7) is 0. The second kappa shape index (κ2) is 4.98. The number of nitriles is 1. The summed E-state index contributed by atoms with van der Waals surface area (Å²) in [5, 5.41) is 19.3. The second-order valence-electron chi connectivity index (χ2n) is 4.48. The molecule has 0 N–H and O–H groups in total. The molecule has 0 atom stereocenters. The van der Waals surface area contributed by atoms with Crippen molar-refractivity contribution >= 4 is 22.3 Å². The van der Waals surface area contributed by atoms with E-state index in [0.29, 0.717) is 5.56 Å². The lowest BCUT2D eigenvalue weighted by molar-refractivity contribution is 1.01. The van der Waals surface area contributed by atoms with Crippen molar-refractivity contribution in [3.63, 3.8) is 0 Å². The number of rotatable bonds is 2. The molecule has 96 valence electrons. The summed E-state index contributed by atoms with van der Waals surface area (Å²) in [6, 6.07) is 17.6. The monoisotopic (exact) mass is 260 g/mol. The van der Waals surface area contributed by atoms with Crippen LogP contribution in [-0.4, -0.2) is 17.2 Å². The van der Waals surface area contributed by atoms with Crippen molar-refractivity contribution in [3.8, 4) is 6.07 Å². The van der Waals surface area contributed by atoms with E-state index in [4.69, 9.17) is 5.26 Å². The Morgan fingerprint density at radius 2 is 1.95 bits per heavy atom. The largest absolute Gasteiger partial charge is 0.327 e. The number of benzene rings is 2. The molecule has 20 heavy (non-hydrogen) atoms. The molecule has 0 aliphatic rings. The van der Waals surface area contributed by atoms with Crippen LogP contribution in [0.5, 0.6) is 0 Å². The molecule has 0 amide bonds. The molecule has 0 radical (unpaired) electrons. The van der Waals surface area contributed by atoms with Crippen molar-refractivity contribution in [2.24, 2.45) is 0 Å². The van der Waals surface area contributed by atoms with Crippen LogP contribution >= 0.6 is 0 Å². The summed E-state index contributed by atoms with van der Waals surface area (Å²) in [6.07, 6.45) is 1.75. The van der Waals surface area contributed by atoms with Crippen molar-refractivity contribution < 1.29 is 0 Å². The van der Waals surface area contributed by atoms with Gasteiger partial charge >= 0.3 is 0 Å². The minimum atomic E-state index is 0.627. The maximum atomic E-state index is 8.99. The summed E-state index contributed by atoms with van der Waals surface area (Å²) in [5.74, 6) is 0.776. The molecule has 3 aromatic rings. The molecule has 0 aliphatic heterocycles. The SMILES string of the molecule is CN(c1cccc(C#N)c1)c1nncc2ccccc12. The summed E-state index contributed by atoms with van der Waals surface area (Å²) < 4.78 is 0. The number of hydrogen-bond donors (Lipinski definition) is 0. The fourth-order valence-corrected chi connectivity index (χ4v) is 2.17. The van der Waals surface area contributed by atoms with E-state index in [9.17, 15) is 0 Å². The Balaban J connectivity index is 2.13. The van der Waals surface area contributed by atoms with E-state index in [-0.39, 0.29) is 0 Å². The van der Waals surface area contributed by atoms with E-state index >= 15 is 0 Å². The number of nitrogens with zero attached hydrogens (tertiary/aromatic N) is 4. The minimum absolute atomic E-state index is 0.627. The Kier molecular flexibility index (Phi) is 3.02. The first kappa shape index (κ1) is 12.1. The van der Waals surface area contributed by atoms with Crippen molar-refractivity contribution in [1.82, 2.24) is 10.2 Å². The second-order valence-corrected chi connectivity index (χ2v) is 4.48. The van der Waals surface area contributed by atoms with E-state index in [1.807, 2.05) is 54.4 Å². The molecule has 0 spiro atoms. The van der Waals surface area contributed by atoms with Crippen LogP contribution < -0.4 is 4.90 Å². The molecule has 0 fully saturated rings. The van der Waals surface area contributed by atoms with Gasteiger partial charge in [0, 0.05) is 23.5 Å². The highest BCUT2D eigenvalue weighted by Crippen LogP contribution is 2.28. The lowest BCUT2D eigenvalue weighted by Crippen LogP contribution is -2.12. The summed E-state index contributed by atoms with van der Waals surface area (Å²) >= 11 is 0. The van der Waals surface area contributed by atoms with Gasteiger partial charge in [0.05, 0.1) is 17.8 Å². The van der Waals surface area contributed by atoms with E-state index < -0.39 is 0 Å². The van der Waals surface area contributed by atoms with Crippen LogP contribution in [0.1, 0.15) is 5.56 Å². The average Bonchev–Trinajstić information content (AvgIpc) is 2.53. The van der Waals surface area contributed by atoms with Crippen LogP contribution in [-0.2, 0) is 0 Å². The molecule has 0 unspecified atom stereocenters. The van der Waals surface area contributed by atoms with Gasteiger partial charge in [-0.3, -0.25) is 0 Å². The topological polar surface area (TPSA) is 52.8 Å². The minimum Gasteiger partial charge on any atom is -0.327 e. The smallest absolute Gasteiger partial charge is 0.163 e. The molecular formula is C16H12N4. The predicted octanol–water partition coefficient (Wildman–Crippen LogP) is 3.27. The van der Waals surface area contributed by atoms with Gasteiger partial charge in [-0.1, -0.05) is 30.3 Å². The number of fused-ring (bicyclic) bond motifs is 1. The highest BCUT2D eigenvalue weighted by Gasteiger charge is 2.10. The van der Waals surface area contributed by atoms with Gasteiger partial charge in [0.25, 0.3) is 0 Å². The van der Waals surface area contributed by atoms with Gasteiger partial charge in [0.2, 0.25) is 0 Å². The normalized spacial score (nSPS) is 10.2. The van der Waals surface area contributed by atoms with Crippen LogP contribution in [0.2, 0.25) is 0 Å². The van der Waals surface area contributed by atoms with Gasteiger partial charge < -0.3 is 4.90 Å². The molecule has 4 nitrogen and oxygen atoms in total. The van der Waals surface area contributed by atoms with Crippen LogP contribution in [0.3, 0.4) is 0 Å². The lowest BCUT2D eigenvalue weighted by atomic mass is 10.1. The first-order valence-corrected chi connectivity index (χ1v) is 6.24. The Hall–Kier alpha value is -2.93. The van der Waals surface area contributed by atoms with E-state index in [2.05, 4.69) is 16.3 Å². The first-order valence-electron chi connectivity index (χ1n) is 6.24. The average molecular weight is 260 g/mol. The fourth-order valence-electron chi connectivity index (χ4n) is 2.17. The highest BCUT2D eigenvalue weighted by molar-refractivity contribution is 5.93. The number of hydrogen-bond acceptors (Lipinski definition) is 4. The maximum absolute atomic E-state index is 8.99. The van der Waals surface area contributed by atoms with Crippen molar-refractivity contribution in [3.05, 3.63) is 60.3 Å². The standard InChI is InChI=1S/C16H12N4/c1-20(14-7-4-5-12(9-14)10-17)16-15-8-3-2-6-13(15)11-18-19-16/h2-9,11H,1H3. The van der Waals surface area contributed by atoms with Crippen LogP contribution in [0, 0.1) is 11.3 Å². The maximum Gasteiger partial charge on any atom is 0.163 e. The zero-order valence-electron chi connectivity index (χ0n) is 11.0. The molecule has 0 saturated carbocycles. The zero-order valence-corrected chi connectivity index (χ0v) is 11.0. The van der Waals surface area contributed by atoms with Crippen LogP contribution in [0.15, 0.2) is 54.7 Å². The quantitative estimate of drug-likeness (QED) is 0.709. The Morgan fingerprint density at radius 1 is 1.10 bits per heavy atom. The number of anilines is 2. The molecule has 4 heteroatoms. The molecule has 1 aromatic heterocycles. The van der Waals surface area contributed by atoms with Crippen molar-refractivity contribution in [1.29, 1.82) is 5.26 Å². The van der Waals surface area contributed by atoms with Crippen molar-refractivity contribution in [2.75, 3.05) is 11.9 Å². The summed E-state index contributed by atoms with van der Waals surface area (Å²) in [5.41, 5.74) is 1.54. The van der Waals surface area contributed by atoms with Crippen LogP contribution in [0.4, 0.5) is 11.5 Å². The van der Waals surface area contributed by atoms with Gasteiger partial charge in [-0.25, -0.2) is 0 Å². The molecule has 0 aliphatic carbocycles. The van der Waals surface area contributed by atoms with Crippen molar-refractivity contribution in [2.45, 2.75) is 0 Å². The van der Waals surface area contributed by atoms with Gasteiger partial charge in [-0.15, -0.1) is 5.10 Å². The van der Waals surface area contributed by atoms with E-state index in [1.165, 1.54) is 0 Å². The number of aromatic nitrogens is 2. The Bertz CT molecular complexity index is 799. The van der Waals surface area contributed by atoms with E-state index in [0.717, 1.165) is 22.3 Å². The Morgan fingerprint density at radius 3 is 2.80 bits per heavy atom. The van der Waals surface area contributed by atoms with Gasteiger partial charge in [-0.2, -0.15) is 10.4 Å². The Labute approximate surface area is 116 Å². The molecule has 0 saturated heterocycles. The third kappa shape index (κ3) is 2.06. The first-order chi connectivity index (χ1) is 9.79. The van der Waals surface area contributed by atoms with Gasteiger partial charge in [0.15, 0.2) is 5.82 Å². The van der Waals surface area contributed by atoms with E-state index in [1.54, 1.807) is 12.3 Å². The fraction of sp³-hybridized carbons (Fsp3) is 0.0625. The van der Waals surface area contributed by atoms with Gasteiger partial charge in [0.1, 0.15) is 0 Å². The van der Waals surface area contributed by atoms with Crippen LogP contribution in [0.25, 0.3) is 10.8 Å². The molecule has 1 heterocycles. The lowest BCUT2D eigenvalue weighted by Gasteiger charge is -2.19. The molecule has 0 bridgehead atoms. The third-order valence-corrected chi connectivity index (χ3v) is 3.23. The third-order valence-electron chi connectivity index (χ3n) is 3.23. The zero-order chi connectivity index (χ0) is 13.9. The predicted molar refractivity (Wildman–Crippen MR) is 78.8 cm³/mol. The molecule has 3 rings (SSSR count). The molecule has 2 aromatic carbocycles. The van der Waals surface area contributed by atoms with Gasteiger partial charge in [-0.05, 0) is 18.2 Å². The summed E-state index contributed by atoms with van der Waals surface area (Å²) in [4.78, 5) is 1.94.